The van der Waals surface area contributed by atoms with Gasteiger partial charge in [-0.05, 0) is 23.1 Å². The molecule has 0 saturated heterocycles. The van der Waals surface area contributed by atoms with Crippen molar-refractivity contribution in [2.45, 2.75) is 16.9 Å². The minimum Gasteiger partial charge on any atom is -0.271 e. The van der Waals surface area contributed by atoms with Crippen LogP contribution < -0.4 is 0 Å². The molecule has 0 aliphatic carbocycles. The second-order valence-electron chi connectivity index (χ2n) is 6.96. The molecule has 0 unspecified atom stereocenters. The largest absolute Gasteiger partial charge is 0.271 e. The summed E-state index contributed by atoms with van der Waals surface area (Å²) in [6.45, 7) is 0. The number of aromatic nitrogens is 4. The SMILES string of the molecule is c1ccc([C@H]2S[C@H](c3ccccc3)Cc3c2sc2ncn4cnnc4c32)cc1. The predicted octanol–water partition coefficient (Wildman–Crippen LogP) is 5.46. The normalized spacial score (nSPS) is 19.1. The van der Waals surface area contributed by atoms with Gasteiger partial charge in [-0.2, -0.15) is 0 Å². The summed E-state index contributed by atoms with van der Waals surface area (Å²) in [6, 6.07) is 21.6. The number of hydrogen-bond donors (Lipinski definition) is 0. The Bertz CT molecular complexity index is 1280. The van der Waals surface area contributed by atoms with Crippen molar-refractivity contribution in [3.63, 3.8) is 0 Å². The van der Waals surface area contributed by atoms with E-state index in [1.165, 1.54) is 27.0 Å². The predicted molar refractivity (Wildman–Crippen MR) is 115 cm³/mol. The van der Waals surface area contributed by atoms with E-state index in [4.69, 9.17) is 4.98 Å². The minimum atomic E-state index is 0.303. The quantitative estimate of drug-likeness (QED) is 0.395. The molecule has 3 aromatic heterocycles. The van der Waals surface area contributed by atoms with E-state index in [2.05, 4.69) is 70.9 Å². The highest BCUT2D eigenvalue weighted by Crippen LogP contribution is 2.55. The topological polar surface area (TPSA) is 43.1 Å². The maximum atomic E-state index is 4.70. The highest BCUT2D eigenvalue weighted by molar-refractivity contribution is 8.00. The first-order valence-electron chi connectivity index (χ1n) is 9.23. The molecule has 4 nitrogen and oxygen atoms in total. The van der Waals surface area contributed by atoms with Crippen LogP contribution in [0.4, 0.5) is 0 Å². The highest BCUT2D eigenvalue weighted by atomic mass is 32.2. The Morgan fingerprint density at radius 2 is 1.64 bits per heavy atom. The number of rotatable bonds is 2. The van der Waals surface area contributed by atoms with Crippen molar-refractivity contribution in [3.05, 3.63) is 94.9 Å². The summed E-state index contributed by atoms with van der Waals surface area (Å²) in [5.74, 6) is 0. The van der Waals surface area contributed by atoms with Gasteiger partial charge in [-0.15, -0.1) is 33.3 Å². The Kier molecular flexibility index (Phi) is 3.74. The van der Waals surface area contributed by atoms with Gasteiger partial charge in [0.2, 0.25) is 0 Å². The van der Waals surface area contributed by atoms with Gasteiger partial charge in [0, 0.05) is 10.1 Å². The van der Waals surface area contributed by atoms with E-state index in [0.29, 0.717) is 10.5 Å². The second-order valence-corrected chi connectivity index (χ2v) is 9.30. The first kappa shape index (κ1) is 16.3. The summed E-state index contributed by atoms with van der Waals surface area (Å²) in [6.07, 6.45) is 4.54. The third-order valence-electron chi connectivity index (χ3n) is 5.32. The van der Waals surface area contributed by atoms with Crippen LogP contribution in [0.2, 0.25) is 0 Å². The average molecular weight is 401 g/mol. The molecule has 6 heteroatoms. The molecule has 0 fully saturated rings. The molecule has 28 heavy (non-hydrogen) atoms. The van der Waals surface area contributed by atoms with E-state index in [1.807, 2.05) is 22.5 Å². The van der Waals surface area contributed by atoms with Crippen molar-refractivity contribution < 1.29 is 0 Å². The Balaban J connectivity index is 1.60. The Morgan fingerprint density at radius 3 is 2.43 bits per heavy atom. The Hall–Kier alpha value is -2.70. The lowest BCUT2D eigenvalue weighted by molar-refractivity contribution is 0.894. The van der Waals surface area contributed by atoms with Gasteiger partial charge in [-0.3, -0.25) is 4.40 Å². The Morgan fingerprint density at radius 1 is 0.893 bits per heavy atom. The monoisotopic (exact) mass is 400 g/mol. The summed E-state index contributed by atoms with van der Waals surface area (Å²) >= 11 is 3.85. The third kappa shape index (κ3) is 2.48. The van der Waals surface area contributed by atoms with Crippen LogP contribution in [0.25, 0.3) is 15.9 Å². The van der Waals surface area contributed by atoms with E-state index in [1.54, 1.807) is 17.7 Å². The maximum Gasteiger partial charge on any atom is 0.172 e. The van der Waals surface area contributed by atoms with Gasteiger partial charge in [0.15, 0.2) is 5.65 Å². The number of nitrogens with zero attached hydrogens (tertiary/aromatic N) is 4. The van der Waals surface area contributed by atoms with Crippen LogP contribution in [0.3, 0.4) is 0 Å². The van der Waals surface area contributed by atoms with Gasteiger partial charge in [0.05, 0.1) is 10.6 Å². The molecular weight excluding hydrogens is 384 g/mol. The molecule has 0 radical (unpaired) electrons. The van der Waals surface area contributed by atoms with Crippen molar-refractivity contribution >= 4 is 39.0 Å². The zero-order chi connectivity index (χ0) is 18.5. The molecule has 0 bridgehead atoms. The number of thioether (sulfide) groups is 1. The molecule has 4 heterocycles. The summed E-state index contributed by atoms with van der Waals surface area (Å²) in [5.41, 5.74) is 5.01. The maximum absolute atomic E-state index is 4.70. The molecule has 0 amide bonds. The van der Waals surface area contributed by atoms with Crippen LogP contribution >= 0.6 is 23.1 Å². The van der Waals surface area contributed by atoms with Crippen LogP contribution in [0.5, 0.6) is 0 Å². The first-order valence-corrected chi connectivity index (χ1v) is 11.0. The fourth-order valence-electron chi connectivity index (χ4n) is 4.01. The lowest BCUT2D eigenvalue weighted by atomic mass is 9.98. The van der Waals surface area contributed by atoms with Crippen LogP contribution in [0.15, 0.2) is 73.3 Å². The fourth-order valence-corrected chi connectivity index (χ4v) is 6.98. The molecule has 0 saturated carbocycles. The third-order valence-corrected chi connectivity index (χ3v) is 8.22. The van der Waals surface area contributed by atoms with Crippen molar-refractivity contribution in [2.24, 2.45) is 0 Å². The molecule has 136 valence electrons. The number of fused-ring (bicyclic) bond motifs is 5. The molecule has 0 N–H and O–H groups in total. The van der Waals surface area contributed by atoms with E-state index < -0.39 is 0 Å². The molecular formula is C22H16N4S2. The van der Waals surface area contributed by atoms with Crippen molar-refractivity contribution in [1.29, 1.82) is 0 Å². The highest BCUT2D eigenvalue weighted by Gasteiger charge is 2.34. The molecule has 2 aromatic carbocycles. The standard InChI is InChI=1S/C22H16N4S2/c1-3-7-14(8-4-1)17-11-16-18-21-25-24-13-26(21)12-23-22(18)28-20(16)19(27-17)15-9-5-2-6-10-15/h1-10,12-13,17,19H,11H2/t17-,19+/m0/s1. The number of thiophene rings is 1. The summed E-state index contributed by atoms with van der Waals surface area (Å²) in [4.78, 5) is 7.17. The minimum absolute atomic E-state index is 0.303. The molecule has 2 atom stereocenters. The van der Waals surface area contributed by atoms with E-state index in [9.17, 15) is 0 Å². The van der Waals surface area contributed by atoms with Crippen LogP contribution in [-0.2, 0) is 6.42 Å². The van der Waals surface area contributed by atoms with Crippen LogP contribution in [-0.4, -0.2) is 19.6 Å². The zero-order valence-electron chi connectivity index (χ0n) is 14.9. The average Bonchev–Trinajstić information content (AvgIpc) is 3.38. The second kappa shape index (κ2) is 6.43. The van der Waals surface area contributed by atoms with Gasteiger partial charge in [-0.25, -0.2) is 4.98 Å². The van der Waals surface area contributed by atoms with Gasteiger partial charge < -0.3 is 0 Å². The Labute approximate surface area is 170 Å². The van der Waals surface area contributed by atoms with Crippen LogP contribution in [0.1, 0.15) is 32.1 Å². The summed E-state index contributed by atoms with van der Waals surface area (Å²) in [7, 11) is 0. The lowest BCUT2D eigenvalue weighted by Gasteiger charge is -2.30. The summed E-state index contributed by atoms with van der Waals surface area (Å²) in [5, 5.41) is 10.4. The van der Waals surface area contributed by atoms with Gasteiger partial charge in [0.1, 0.15) is 17.5 Å². The van der Waals surface area contributed by atoms with Crippen LogP contribution in [0, 0.1) is 0 Å². The molecule has 1 aliphatic rings. The first-order chi connectivity index (χ1) is 13.9. The molecule has 1 aliphatic heterocycles. The van der Waals surface area contributed by atoms with Gasteiger partial charge in [-0.1, -0.05) is 60.7 Å². The number of benzene rings is 2. The fraction of sp³-hybridized carbons (Fsp3) is 0.136. The molecule has 6 rings (SSSR count). The van der Waals surface area contributed by atoms with E-state index >= 15 is 0 Å². The number of hydrogen-bond acceptors (Lipinski definition) is 5. The van der Waals surface area contributed by atoms with E-state index in [-0.39, 0.29) is 0 Å². The smallest absolute Gasteiger partial charge is 0.172 e. The van der Waals surface area contributed by atoms with Gasteiger partial charge >= 0.3 is 0 Å². The molecule has 0 spiro atoms. The lowest BCUT2D eigenvalue weighted by Crippen LogP contribution is -2.11. The summed E-state index contributed by atoms with van der Waals surface area (Å²) < 4.78 is 1.92. The van der Waals surface area contributed by atoms with Gasteiger partial charge in [0.25, 0.3) is 0 Å². The van der Waals surface area contributed by atoms with Crippen molar-refractivity contribution in [1.82, 2.24) is 19.6 Å². The van der Waals surface area contributed by atoms with E-state index in [0.717, 1.165) is 16.9 Å². The molecule has 5 aromatic rings. The van der Waals surface area contributed by atoms with Crippen molar-refractivity contribution in [3.8, 4) is 0 Å². The zero-order valence-corrected chi connectivity index (χ0v) is 16.5. The van der Waals surface area contributed by atoms with Crippen molar-refractivity contribution in [2.75, 3.05) is 0 Å².